The Morgan fingerprint density at radius 3 is 2.92 bits per heavy atom. The molecule has 2 rings (SSSR count). The summed E-state index contributed by atoms with van der Waals surface area (Å²) in [6.07, 6.45) is 3.71. The van der Waals surface area contributed by atoms with Crippen molar-refractivity contribution in [2.45, 2.75) is 39.0 Å². The molecule has 1 heterocycles. The van der Waals surface area contributed by atoms with E-state index in [1.165, 1.54) is 12.1 Å². The first-order valence-electron chi connectivity index (χ1n) is 8.78. The molecule has 1 aliphatic heterocycles. The first kappa shape index (κ1) is 18.4. The molecule has 0 radical (unpaired) electrons. The molecule has 24 heavy (non-hydrogen) atoms. The van der Waals surface area contributed by atoms with Crippen molar-refractivity contribution in [3.05, 3.63) is 35.6 Å². The Kier molecular flexibility index (Phi) is 6.76. The fraction of sp³-hybridized carbons (Fsp3) is 0.579. The Balaban J connectivity index is 1.90. The van der Waals surface area contributed by atoms with Gasteiger partial charge in [0.15, 0.2) is 0 Å². The summed E-state index contributed by atoms with van der Waals surface area (Å²) >= 11 is 0. The molecule has 0 bridgehead atoms. The van der Waals surface area contributed by atoms with E-state index in [1.54, 1.807) is 15.9 Å². The maximum absolute atomic E-state index is 13.2. The van der Waals surface area contributed by atoms with E-state index in [0.29, 0.717) is 32.4 Å². The highest BCUT2D eigenvalue weighted by Crippen LogP contribution is 2.20. The summed E-state index contributed by atoms with van der Waals surface area (Å²) < 4.78 is 13.2. The van der Waals surface area contributed by atoms with Gasteiger partial charge in [-0.1, -0.05) is 25.5 Å². The zero-order valence-corrected chi connectivity index (χ0v) is 14.6. The monoisotopic (exact) mass is 334 g/mol. The molecular weight excluding hydrogens is 307 g/mol. The lowest BCUT2D eigenvalue weighted by Gasteiger charge is -2.34. The Bertz CT molecular complexity index is 576. The third-order valence-electron chi connectivity index (χ3n) is 4.63. The first-order valence-corrected chi connectivity index (χ1v) is 8.78. The van der Waals surface area contributed by atoms with Crippen LogP contribution in [0.4, 0.5) is 4.39 Å². The largest absolute Gasteiger partial charge is 0.345 e. The van der Waals surface area contributed by atoms with Crippen molar-refractivity contribution in [2.75, 3.05) is 26.7 Å². The number of unbranched alkanes of at least 4 members (excludes halogenated alkanes) is 1. The molecule has 1 aromatic carbocycles. The van der Waals surface area contributed by atoms with E-state index < -0.39 is 0 Å². The molecule has 0 spiro atoms. The average molecular weight is 334 g/mol. The van der Waals surface area contributed by atoms with Gasteiger partial charge < -0.3 is 9.80 Å². The average Bonchev–Trinajstić information content (AvgIpc) is 2.58. The van der Waals surface area contributed by atoms with E-state index in [1.807, 2.05) is 13.1 Å². The maximum Gasteiger partial charge on any atom is 0.227 e. The number of hydrogen-bond donors (Lipinski definition) is 0. The van der Waals surface area contributed by atoms with E-state index in [-0.39, 0.29) is 23.5 Å². The summed E-state index contributed by atoms with van der Waals surface area (Å²) in [4.78, 5) is 28.2. The first-order chi connectivity index (χ1) is 11.5. The van der Waals surface area contributed by atoms with Gasteiger partial charge in [-0.2, -0.15) is 0 Å². The van der Waals surface area contributed by atoms with Crippen LogP contribution in [0.1, 0.15) is 38.2 Å². The number of carbonyl (C=O) groups excluding carboxylic acids is 2. The van der Waals surface area contributed by atoms with E-state index in [0.717, 1.165) is 24.9 Å². The molecule has 2 amide bonds. The molecule has 0 aromatic heterocycles. The van der Waals surface area contributed by atoms with Crippen molar-refractivity contribution in [1.29, 1.82) is 0 Å². The van der Waals surface area contributed by atoms with Crippen molar-refractivity contribution < 1.29 is 14.0 Å². The normalized spacial score (nSPS) is 17.9. The van der Waals surface area contributed by atoms with Gasteiger partial charge in [-0.25, -0.2) is 4.39 Å². The van der Waals surface area contributed by atoms with E-state index in [4.69, 9.17) is 0 Å². The molecule has 132 valence electrons. The molecule has 5 heteroatoms. The quantitative estimate of drug-likeness (QED) is 0.769. The smallest absolute Gasteiger partial charge is 0.227 e. The zero-order chi connectivity index (χ0) is 17.5. The third kappa shape index (κ3) is 5.05. The SMILES string of the molecule is CCCCN(C)C(=O)[C@H]1CCC(=O)N(CCc2cccc(F)c2)C1. The lowest BCUT2D eigenvalue weighted by Crippen LogP contribution is -2.46. The lowest BCUT2D eigenvalue weighted by atomic mass is 9.95. The van der Waals surface area contributed by atoms with E-state index >= 15 is 0 Å². The number of piperidine rings is 1. The van der Waals surface area contributed by atoms with Crippen LogP contribution in [0.15, 0.2) is 24.3 Å². The maximum atomic E-state index is 13.2. The van der Waals surface area contributed by atoms with Gasteiger partial charge in [0.1, 0.15) is 5.82 Å². The van der Waals surface area contributed by atoms with Crippen molar-refractivity contribution in [1.82, 2.24) is 9.80 Å². The minimum Gasteiger partial charge on any atom is -0.345 e. The minimum atomic E-state index is -0.261. The molecule has 0 unspecified atom stereocenters. The van der Waals surface area contributed by atoms with Crippen LogP contribution in [0.25, 0.3) is 0 Å². The van der Waals surface area contributed by atoms with E-state index in [2.05, 4.69) is 6.92 Å². The topological polar surface area (TPSA) is 40.6 Å². The highest BCUT2D eigenvalue weighted by atomic mass is 19.1. The van der Waals surface area contributed by atoms with Crippen LogP contribution in [0, 0.1) is 11.7 Å². The summed E-state index contributed by atoms with van der Waals surface area (Å²) in [7, 11) is 1.84. The second-order valence-electron chi connectivity index (χ2n) is 6.57. The summed E-state index contributed by atoms with van der Waals surface area (Å²) in [6, 6.07) is 6.45. The molecule has 0 saturated carbocycles. The fourth-order valence-corrected chi connectivity index (χ4v) is 3.11. The van der Waals surface area contributed by atoms with Crippen LogP contribution < -0.4 is 0 Å². The van der Waals surface area contributed by atoms with Crippen LogP contribution in [-0.2, 0) is 16.0 Å². The molecule has 1 aliphatic rings. The number of amides is 2. The van der Waals surface area contributed by atoms with Gasteiger partial charge in [-0.15, -0.1) is 0 Å². The highest BCUT2D eigenvalue weighted by Gasteiger charge is 2.31. The Hall–Kier alpha value is -1.91. The van der Waals surface area contributed by atoms with Gasteiger partial charge in [-0.05, 0) is 37.0 Å². The molecule has 0 N–H and O–H groups in total. The number of halogens is 1. The molecule has 1 aromatic rings. The van der Waals surface area contributed by atoms with E-state index in [9.17, 15) is 14.0 Å². The van der Waals surface area contributed by atoms with Crippen molar-refractivity contribution in [2.24, 2.45) is 5.92 Å². The predicted octanol–water partition coefficient (Wildman–Crippen LogP) is 2.87. The molecule has 1 fully saturated rings. The number of nitrogens with zero attached hydrogens (tertiary/aromatic N) is 2. The van der Waals surface area contributed by atoms with Crippen molar-refractivity contribution in [3.8, 4) is 0 Å². The number of likely N-dealkylation sites (tertiary alicyclic amines) is 1. The molecule has 4 nitrogen and oxygen atoms in total. The minimum absolute atomic E-state index is 0.0895. The standard InChI is InChI=1S/C19H27FN2O2/c1-3-4-11-21(2)19(24)16-8-9-18(23)22(14-16)12-10-15-6-5-7-17(20)13-15/h5-7,13,16H,3-4,8-12,14H2,1-2H3/t16-/m0/s1. The Morgan fingerprint density at radius 1 is 1.42 bits per heavy atom. The fourth-order valence-electron chi connectivity index (χ4n) is 3.11. The number of benzene rings is 1. The molecule has 1 saturated heterocycles. The van der Waals surface area contributed by atoms with Crippen LogP contribution in [0.2, 0.25) is 0 Å². The highest BCUT2D eigenvalue weighted by molar-refractivity contribution is 5.83. The third-order valence-corrected chi connectivity index (χ3v) is 4.63. The van der Waals surface area contributed by atoms with Gasteiger partial charge in [0.25, 0.3) is 0 Å². The molecular formula is C19H27FN2O2. The molecule has 1 atom stereocenters. The van der Waals surface area contributed by atoms with Gasteiger partial charge in [0.05, 0.1) is 5.92 Å². The number of hydrogen-bond acceptors (Lipinski definition) is 2. The van der Waals surface area contributed by atoms with Gasteiger partial charge in [0, 0.05) is 33.1 Å². The Morgan fingerprint density at radius 2 is 2.21 bits per heavy atom. The number of carbonyl (C=O) groups is 2. The van der Waals surface area contributed by atoms with Crippen LogP contribution in [0.5, 0.6) is 0 Å². The predicted molar refractivity (Wildman–Crippen MR) is 92.0 cm³/mol. The summed E-state index contributed by atoms with van der Waals surface area (Å²) in [5.41, 5.74) is 0.872. The number of rotatable bonds is 7. The van der Waals surface area contributed by atoms with Crippen LogP contribution in [-0.4, -0.2) is 48.3 Å². The second kappa shape index (κ2) is 8.81. The van der Waals surface area contributed by atoms with Crippen molar-refractivity contribution in [3.63, 3.8) is 0 Å². The zero-order valence-electron chi connectivity index (χ0n) is 14.6. The van der Waals surface area contributed by atoms with Gasteiger partial charge in [-0.3, -0.25) is 9.59 Å². The Labute approximate surface area is 143 Å². The van der Waals surface area contributed by atoms with Crippen LogP contribution >= 0.6 is 0 Å². The van der Waals surface area contributed by atoms with Gasteiger partial charge >= 0.3 is 0 Å². The van der Waals surface area contributed by atoms with Crippen LogP contribution in [0.3, 0.4) is 0 Å². The summed E-state index contributed by atoms with van der Waals surface area (Å²) in [5.74, 6) is -0.154. The summed E-state index contributed by atoms with van der Waals surface area (Å²) in [6.45, 7) is 3.88. The second-order valence-corrected chi connectivity index (χ2v) is 6.57. The van der Waals surface area contributed by atoms with Gasteiger partial charge in [0.2, 0.25) is 11.8 Å². The van der Waals surface area contributed by atoms with Crippen molar-refractivity contribution >= 4 is 11.8 Å². The lowest BCUT2D eigenvalue weighted by molar-refractivity contribution is -0.142. The molecule has 0 aliphatic carbocycles. The summed E-state index contributed by atoms with van der Waals surface area (Å²) in [5, 5.41) is 0.